The lowest BCUT2D eigenvalue weighted by Crippen LogP contribution is -2.62. The lowest BCUT2D eigenvalue weighted by Gasteiger charge is -2.31. The Morgan fingerprint density at radius 1 is 0.772 bits per heavy atom. The van der Waals surface area contributed by atoms with Crippen LogP contribution in [-0.4, -0.2) is 81.0 Å². The highest BCUT2D eigenvalue weighted by Gasteiger charge is 2.54. The molecule has 0 aliphatic rings. The summed E-state index contributed by atoms with van der Waals surface area (Å²) >= 11 is 0. The zero-order valence-electron chi connectivity index (χ0n) is 33.4. The fraction of sp³-hybridized carbons (Fsp3) is 0.488. The normalized spacial score (nSPS) is 14.5. The molecular formula is C41H55F2N7O7. The van der Waals surface area contributed by atoms with E-state index in [0.29, 0.717) is 16.8 Å². The van der Waals surface area contributed by atoms with E-state index in [1.807, 2.05) is 0 Å². The Hall–Kier alpha value is -5.51. The minimum Gasteiger partial charge on any atom is -0.444 e. The maximum Gasteiger partial charge on any atom is 0.408 e. The molecule has 0 saturated heterocycles. The van der Waals surface area contributed by atoms with Gasteiger partial charge in [0.1, 0.15) is 29.6 Å². The molecule has 1 aromatic heterocycles. The summed E-state index contributed by atoms with van der Waals surface area (Å²) in [4.78, 5) is 87.7. The number of carbonyl (C=O) groups excluding carboxylic acids is 6. The summed E-state index contributed by atoms with van der Waals surface area (Å²) < 4.78 is 37.6. The highest BCUT2D eigenvalue weighted by Crippen LogP contribution is 2.27. The quantitative estimate of drug-likeness (QED) is 0.0917. The van der Waals surface area contributed by atoms with Crippen molar-refractivity contribution in [3.63, 3.8) is 0 Å². The molecule has 14 nitrogen and oxygen atoms in total. The van der Waals surface area contributed by atoms with Crippen molar-refractivity contribution in [2.45, 2.75) is 110 Å². The van der Waals surface area contributed by atoms with Crippen LogP contribution in [0.15, 0.2) is 73.2 Å². The standard InChI is InChI=1S/C41H55F2N7O7/c1-24(2)18-29(35(52)41(42,43)34(44)33(51)32(25(3)4)38(55)46-21-27-16-12-9-13-17-27)48-37(54)31(20-28-22-45-23-47-28)49-36(53)30(19-26-14-10-8-11-15-26)50-39(56)57-40(5,6)7/h8-17,22-25,29-32,34H,18-21,44H2,1-7H3,(H,45,47)(H,46,55)(H,48,54)(H,49,53)(H,50,56)/t29?,30-,31-,32?,34?/m0/s1. The molecule has 3 unspecified atom stereocenters. The zero-order valence-corrected chi connectivity index (χ0v) is 33.4. The summed E-state index contributed by atoms with van der Waals surface area (Å²) in [5, 5.41) is 10.1. The first-order valence-electron chi connectivity index (χ1n) is 18.8. The van der Waals surface area contributed by atoms with Gasteiger partial charge < -0.3 is 36.7 Å². The van der Waals surface area contributed by atoms with Crippen molar-refractivity contribution < 1.29 is 42.3 Å². The number of alkyl carbamates (subject to hydrolysis) is 1. The van der Waals surface area contributed by atoms with Crippen LogP contribution in [0.25, 0.3) is 0 Å². The number of halogens is 2. The number of imidazole rings is 1. The Balaban J connectivity index is 1.87. The van der Waals surface area contributed by atoms with Crippen LogP contribution in [0.5, 0.6) is 0 Å². The average molecular weight is 796 g/mol. The molecular weight excluding hydrogens is 740 g/mol. The zero-order chi connectivity index (χ0) is 42.5. The van der Waals surface area contributed by atoms with Crippen molar-refractivity contribution in [3.8, 4) is 0 Å². The second-order valence-corrected chi connectivity index (χ2v) is 15.7. The first-order valence-corrected chi connectivity index (χ1v) is 18.8. The van der Waals surface area contributed by atoms with Crippen LogP contribution in [0.2, 0.25) is 0 Å². The van der Waals surface area contributed by atoms with Gasteiger partial charge >= 0.3 is 12.0 Å². The minimum atomic E-state index is -4.52. The van der Waals surface area contributed by atoms with Crippen molar-refractivity contribution in [2.24, 2.45) is 23.5 Å². The molecule has 0 radical (unpaired) electrons. The summed E-state index contributed by atoms with van der Waals surface area (Å²) in [6.07, 6.45) is 1.34. The Bertz CT molecular complexity index is 1800. The molecule has 4 amide bonds. The van der Waals surface area contributed by atoms with E-state index in [1.165, 1.54) is 26.4 Å². The molecule has 0 aliphatic carbocycles. The van der Waals surface area contributed by atoms with E-state index in [4.69, 9.17) is 10.5 Å². The molecule has 5 atom stereocenters. The number of hydrogen-bond donors (Lipinski definition) is 6. The number of rotatable bonds is 20. The van der Waals surface area contributed by atoms with E-state index in [0.717, 1.165) is 0 Å². The van der Waals surface area contributed by atoms with Crippen LogP contribution in [0.3, 0.4) is 0 Å². The molecule has 0 spiro atoms. The van der Waals surface area contributed by atoms with Gasteiger partial charge in [0.15, 0.2) is 5.78 Å². The van der Waals surface area contributed by atoms with E-state index in [2.05, 4.69) is 31.2 Å². The van der Waals surface area contributed by atoms with Crippen molar-refractivity contribution in [1.29, 1.82) is 0 Å². The maximum absolute atomic E-state index is 16.1. The van der Waals surface area contributed by atoms with Crippen molar-refractivity contribution in [3.05, 3.63) is 90.0 Å². The number of amides is 4. The van der Waals surface area contributed by atoms with Crippen LogP contribution in [0.1, 0.15) is 71.7 Å². The number of nitrogens with two attached hydrogens (primary N) is 1. The fourth-order valence-electron chi connectivity index (χ4n) is 6.00. The van der Waals surface area contributed by atoms with Crippen molar-refractivity contribution in [2.75, 3.05) is 0 Å². The number of alkyl halides is 2. The van der Waals surface area contributed by atoms with Crippen LogP contribution in [0, 0.1) is 17.8 Å². The monoisotopic (exact) mass is 795 g/mol. The Labute approximate surface area is 331 Å². The van der Waals surface area contributed by atoms with Gasteiger partial charge in [0.05, 0.1) is 12.4 Å². The minimum absolute atomic E-state index is 0.00143. The van der Waals surface area contributed by atoms with Gasteiger partial charge in [0, 0.05) is 31.3 Å². The molecule has 0 bridgehead atoms. The van der Waals surface area contributed by atoms with Gasteiger partial charge in [-0.15, -0.1) is 0 Å². The van der Waals surface area contributed by atoms with Crippen molar-refractivity contribution in [1.82, 2.24) is 31.2 Å². The number of ether oxygens (including phenoxy) is 1. The van der Waals surface area contributed by atoms with Crippen molar-refractivity contribution >= 4 is 35.4 Å². The predicted octanol–water partition coefficient (Wildman–Crippen LogP) is 3.79. The van der Waals surface area contributed by atoms with Crippen LogP contribution >= 0.6 is 0 Å². The second kappa shape index (κ2) is 20.6. The smallest absolute Gasteiger partial charge is 0.408 e. The Kier molecular flexibility index (Phi) is 16.6. The topological polar surface area (TPSA) is 214 Å². The number of Topliss-reactive ketones (excluding diaryl/α,β-unsaturated/α-hetero) is 2. The molecule has 0 aliphatic heterocycles. The number of benzene rings is 2. The van der Waals surface area contributed by atoms with Gasteiger partial charge in [-0.1, -0.05) is 88.4 Å². The summed E-state index contributed by atoms with van der Waals surface area (Å²) in [6, 6.07) is 10.2. The van der Waals surface area contributed by atoms with Gasteiger partial charge in [0.2, 0.25) is 23.5 Å². The van der Waals surface area contributed by atoms with Gasteiger partial charge in [-0.3, -0.25) is 24.0 Å². The van der Waals surface area contributed by atoms with Gasteiger partial charge in [-0.05, 0) is 50.2 Å². The highest BCUT2D eigenvalue weighted by atomic mass is 19.3. The van der Waals surface area contributed by atoms with E-state index in [9.17, 15) is 28.8 Å². The molecule has 2 aromatic carbocycles. The van der Waals surface area contributed by atoms with E-state index >= 15 is 8.78 Å². The maximum atomic E-state index is 16.1. The lowest BCUT2D eigenvalue weighted by molar-refractivity contribution is -0.157. The number of nitrogens with zero attached hydrogens (tertiary/aromatic N) is 1. The number of aromatic nitrogens is 2. The summed E-state index contributed by atoms with van der Waals surface area (Å²) in [7, 11) is 0. The largest absolute Gasteiger partial charge is 0.444 e. The highest BCUT2D eigenvalue weighted by molar-refractivity contribution is 6.08. The number of hydrogen-bond acceptors (Lipinski definition) is 9. The number of H-pyrrole nitrogens is 1. The average Bonchev–Trinajstić information content (AvgIpc) is 3.65. The third kappa shape index (κ3) is 14.2. The SMILES string of the molecule is CC(C)CC(NC(=O)[C@H](Cc1cnc[nH]1)NC(=O)[C@H](Cc1ccccc1)NC(=O)OC(C)(C)C)C(=O)C(F)(F)C(N)C(=O)C(C(=O)NCc1ccccc1)C(C)C. The van der Waals surface area contributed by atoms with Crippen LogP contribution in [-0.2, 0) is 48.1 Å². The molecule has 57 heavy (non-hydrogen) atoms. The lowest BCUT2D eigenvalue weighted by atomic mass is 9.83. The van der Waals surface area contributed by atoms with Crippen LogP contribution < -0.4 is 27.0 Å². The molecule has 7 N–H and O–H groups in total. The van der Waals surface area contributed by atoms with Gasteiger partial charge in [0.25, 0.3) is 0 Å². The number of carbonyl (C=O) groups is 6. The van der Waals surface area contributed by atoms with Crippen LogP contribution in [0.4, 0.5) is 13.6 Å². The number of aromatic amines is 1. The number of ketones is 2. The number of nitrogens with one attached hydrogen (secondary N) is 5. The first kappa shape index (κ1) is 45.9. The molecule has 310 valence electrons. The Morgan fingerprint density at radius 3 is 1.82 bits per heavy atom. The molecule has 1 heterocycles. The predicted molar refractivity (Wildman–Crippen MR) is 208 cm³/mol. The first-order chi connectivity index (χ1) is 26.7. The third-order valence-electron chi connectivity index (χ3n) is 8.83. The summed E-state index contributed by atoms with van der Waals surface area (Å²) in [5.74, 6) is -13.1. The van der Waals surface area contributed by atoms with E-state index in [-0.39, 0.29) is 25.8 Å². The van der Waals surface area contributed by atoms with E-state index in [1.54, 1.807) is 95.3 Å². The summed E-state index contributed by atoms with van der Waals surface area (Å²) in [5.41, 5.74) is 6.72. The van der Waals surface area contributed by atoms with Gasteiger partial charge in [-0.25, -0.2) is 9.78 Å². The molecule has 3 rings (SSSR count). The second-order valence-electron chi connectivity index (χ2n) is 15.7. The van der Waals surface area contributed by atoms with E-state index < -0.39 is 88.8 Å². The molecule has 16 heteroatoms. The Morgan fingerprint density at radius 2 is 1.32 bits per heavy atom. The molecule has 3 aromatic rings. The summed E-state index contributed by atoms with van der Waals surface area (Å²) in [6.45, 7) is 11.3. The molecule has 0 fully saturated rings. The third-order valence-corrected chi connectivity index (χ3v) is 8.83. The molecule has 0 saturated carbocycles. The fourth-order valence-corrected chi connectivity index (χ4v) is 6.00. The van der Waals surface area contributed by atoms with Gasteiger partial charge in [-0.2, -0.15) is 8.78 Å².